The Balaban J connectivity index is 2.95. The van der Waals surface area contributed by atoms with Gasteiger partial charge in [-0.3, -0.25) is 4.79 Å². The standard InChI is InChI=1S/C13H15NO5/c1-8(13(16)17)6-12(15)14-10-7-9(18-2)4-5-11(10)19-3/h4-7H,1-3H3,(H,14,15)(H,16,17)/b8-6+. The van der Waals surface area contributed by atoms with Crippen LogP contribution in [-0.4, -0.2) is 31.2 Å². The van der Waals surface area contributed by atoms with E-state index in [0.29, 0.717) is 17.2 Å². The van der Waals surface area contributed by atoms with Crippen molar-refractivity contribution in [3.8, 4) is 11.5 Å². The highest BCUT2D eigenvalue weighted by molar-refractivity contribution is 6.04. The first kappa shape index (κ1) is 14.6. The van der Waals surface area contributed by atoms with E-state index in [1.807, 2.05) is 0 Å². The average molecular weight is 265 g/mol. The van der Waals surface area contributed by atoms with Crippen molar-refractivity contribution in [2.45, 2.75) is 6.92 Å². The van der Waals surface area contributed by atoms with E-state index in [1.54, 1.807) is 18.2 Å². The normalized spacial score (nSPS) is 10.8. The number of nitrogens with one attached hydrogen (secondary N) is 1. The Morgan fingerprint density at radius 1 is 1.26 bits per heavy atom. The molecule has 0 bridgehead atoms. The zero-order valence-electron chi connectivity index (χ0n) is 10.9. The molecule has 0 unspecified atom stereocenters. The molecule has 0 aliphatic heterocycles. The molecule has 0 saturated heterocycles. The summed E-state index contributed by atoms with van der Waals surface area (Å²) in [6.45, 7) is 1.34. The fourth-order valence-electron chi connectivity index (χ4n) is 1.34. The number of rotatable bonds is 5. The third-order valence-corrected chi connectivity index (χ3v) is 2.35. The van der Waals surface area contributed by atoms with Crippen LogP contribution in [0.4, 0.5) is 5.69 Å². The summed E-state index contributed by atoms with van der Waals surface area (Å²) >= 11 is 0. The number of methoxy groups -OCH3 is 2. The Labute approximate surface area is 110 Å². The second-order valence-electron chi connectivity index (χ2n) is 3.69. The maximum Gasteiger partial charge on any atom is 0.331 e. The molecular formula is C13H15NO5. The Kier molecular flexibility index (Phi) is 4.93. The van der Waals surface area contributed by atoms with Crippen LogP contribution in [0.25, 0.3) is 0 Å². The molecule has 0 aliphatic carbocycles. The third-order valence-electron chi connectivity index (χ3n) is 2.35. The number of anilines is 1. The van der Waals surface area contributed by atoms with Gasteiger partial charge in [-0.25, -0.2) is 4.79 Å². The number of carbonyl (C=O) groups excluding carboxylic acids is 1. The van der Waals surface area contributed by atoms with Gasteiger partial charge in [0.1, 0.15) is 11.5 Å². The van der Waals surface area contributed by atoms with Crippen molar-refractivity contribution in [1.82, 2.24) is 0 Å². The van der Waals surface area contributed by atoms with Crippen LogP contribution >= 0.6 is 0 Å². The predicted molar refractivity (Wildman–Crippen MR) is 69.6 cm³/mol. The first-order chi connectivity index (χ1) is 8.97. The molecule has 19 heavy (non-hydrogen) atoms. The smallest absolute Gasteiger partial charge is 0.331 e. The number of carboxylic acids is 1. The van der Waals surface area contributed by atoms with Gasteiger partial charge in [0, 0.05) is 17.7 Å². The highest BCUT2D eigenvalue weighted by Gasteiger charge is 2.09. The summed E-state index contributed by atoms with van der Waals surface area (Å²) in [5, 5.41) is 11.2. The Morgan fingerprint density at radius 2 is 1.95 bits per heavy atom. The summed E-state index contributed by atoms with van der Waals surface area (Å²) in [5.41, 5.74) is 0.348. The molecule has 0 aliphatic rings. The molecule has 1 rings (SSSR count). The number of carbonyl (C=O) groups is 2. The summed E-state index contributed by atoms with van der Waals surface area (Å²) in [4.78, 5) is 22.3. The zero-order chi connectivity index (χ0) is 14.4. The minimum atomic E-state index is -1.15. The van der Waals surface area contributed by atoms with Gasteiger partial charge < -0.3 is 19.9 Å². The number of hydrogen-bond donors (Lipinski definition) is 2. The lowest BCUT2D eigenvalue weighted by Gasteiger charge is -2.10. The molecule has 0 spiro atoms. The van der Waals surface area contributed by atoms with Crippen LogP contribution in [0.1, 0.15) is 6.92 Å². The van der Waals surface area contributed by atoms with E-state index in [0.717, 1.165) is 6.08 Å². The van der Waals surface area contributed by atoms with Crippen molar-refractivity contribution in [3.63, 3.8) is 0 Å². The number of hydrogen-bond acceptors (Lipinski definition) is 4. The monoisotopic (exact) mass is 265 g/mol. The van der Waals surface area contributed by atoms with Crippen molar-refractivity contribution in [3.05, 3.63) is 29.8 Å². The van der Waals surface area contributed by atoms with Crippen LogP contribution in [-0.2, 0) is 9.59 Å². The van der Waals surface area contributed by atoms with E-state index in [-0.39, 0.29) is 5.57 Å². The van der Waals surface area contributed by atoms with Crippen molar-refractivity contribution >= 4 is 17.6 Å². The molecule has 0 radical (unpaired) electrons. The van der Waals surface area contributed by atoms with Gasteiger partial charge in [0.15, 0.2) is 0 Å². The molecule has 6 heteroatoms. The number of aliphatic carboxylic acids is 1. The fraction of sp³-hybridized carbons (Fsp3) is 0.231. The highest BCUT2D eigenvalue weighted by atomic mass is 16.5. The first-order valence-electron chi connectivity index (χ1n) is 5.42. The second-order valence-corrected chi connectivity index (χ2v) is 3.69. The van der Waals surface area contributed by atoms with E-state index in [1.165, 1.54) is 21.1 Å². The van der Waals surface area contributed by atoms with E-state index >= 15 is 0 Å². The van der Waals surface area contributed by atoms with Gasteiger partial charge >= 0.3 is 5.97 Å². The molecule has 0 heterocycles. The molecular weight excluding hydrogens is 250 g/mol. The number of benzene rings is 1. The largest absolute Gasteiger partial charge is 0.497 e. The lowest BCUT2D eigenvalue weighted by Crippen LogP contribution is -2.11. The molecule has 1 amide bonds. The zero-order valence-corrected chi connectivity index (χ0v) is 10.9. The SMILES string of the molecule is COc1ccc(OC)c(NC(=O)/C=C(\C)C(=O)O)c1. The fourth-order valence-corrected chi connectivity index (χ4v) is 1.34. The van der Waals surface area contributed by atoms with Crippen molar-refractivity contribution < 1.29 is 24.2 Å². The Morgan fingerprint density at radius 3 is 2.47 bits per heavy atom. The summed E-state index contributed by atoms with van der Waals surface area (Å²) in [5.74, 6) is -0.690. The minimum Gasteiger partial charge on any atom is -0.497 e. The molecule has 1 aromatic carbocycles. The van der Waals surface area contributed by atoms with Gasteiger partial charge in [0.05, 0.1) is 19.9 Å². The number of ether oxygens (including phenoxy) is 2. The Hall–Kier alpha value is -2.50. The average Bonchev–Trinajstić information content (AvgIpc) is 2.38. The molecule has 2 N–H and O–H groups in total. The molecule has 1 aromatic rings. The van der Waals surface area contributed by atoms with E-state index in [2.05, 4.69) is 5.32 Å². The molecule has 6 nitrogen and oxygen atoms in total. The second kappa shape index (κ2) is 6.44. The molecule has 0 atom stereocenters. The van der Waals surface area contributed by atoms with E-state index < -0.39 is 11.9 Å². The Bertz CT molecular complexity index is 522. The lowest BCUT2D eigenvalue weighted by atomic mass is 10.2. The summed E-state index contributed by atoms with van der Waals surface area (Å²) < 4.78 is 10.1. The summed E-state index contributed by atoms with van der Waals surface area (Å²) in [6, 6.07) is 4.91. The van der Waals surface area contributed by atoms with Crippen LogP contribution in [0.5, 0.6) is 11.5 Å². The van der Waals surface area contributed by atoms with Gasteiger partial charge in [-0.05, 0) is 19.1 Å². The van der Waals surface area contributed by atoms with Gasteiger partial charge in [-0.1, -0.05) is 0 Å². The van der Waals surface area contributed by atoms with E-state index in [4.69, 9.17) is 14.6 Å². The third kappa shape index (κ3) is 4.02. The maximum atomic E-state index is 11.6. The van der Waals surface area contributed by atoms with Gasteiger partial charge in [-0.2, -0.15) is 0 Å². The van der Waals surface area contributed by atoms with Crippen molar-refractivity contribution in [1.29, 1.82) is 0 Å². The number of amides is 1. The van der Waals surface area contributed by atoms with Crippen LogP contribution < -0.4 is 14.8 Å². The lowest BCUT2D eigenvalue weighted by molar-refractivity contribution is -0.132. The minimum absolute atomic E-state index is 0.0561. The molecule has 0 saturated carbocycles. The van der Waals surface area contributed by atoms with Crippen molar-refractivity contribution in [2.24, 2.45) is 0 Å². The van der Waals surface area contributed by atoms with Crippen LogP contribution in [0.15, 0.2) is 29.8 Å². The highest BCUT2D eigenvalue weighted by Crippen LogP contribution is 2.28. The molecule has 0 aromatic heterocycles. The first-order valence-corrected chi connectivity index (χ1v) is 5.42. The molecule has 102 valence electrons. The van der Waals surface area contributed by atoms with Crippen LogP contribution in [0, 0.1) is 0 Å². The predicted octanol–water partition coefficient (Wildman–Crippen LogP) is 1.67. The van der Waals surface area contributed by atoms with Crippen LogP contribution in [0.3, 0.4) is 0 Å². The van der Waals surface area contributed by atoms with Gasteiger partial charge in [0.25, 0.3) is 0 Å². The van der Waals surface area contributed by atoms with Crippen LogP contribution in [0.2, 0.25) is 0 Å². The van der Waals surface area contributed by atoms with Gasteiger partial charge in [0.2, 0.25) is 5.91 Å². The van der Waals surface area contributed by atoms with Crippen molar-refractivity contribution in [2.75, 3.05) is 19.5 Å². The maximum absolute atomic E-state index is 11.6. The van der Waals surface area contributed by atoms with Gasteiger partial charge in [-0.15, -0.1) is 0 Å². The quantitative estimate of drug-likeness (QED) is 0.791. The summed E-state index contributed by atoms with van der Waals surface area (Å²) in [6.07, 6.45) is 1.00. The topological polar surface area (TPSA) is 84.9 Å². The summed E-state index contributed by atoms with van der Waals surface area (Å²) in [7, 11) is 2.97. The molecule has 0 fully saturated rings. The van der Waals surface area contributed by atoms with E-state index in [9.17, 15) is 9.59 Å². The number of carboxylic acid groups (broad SMARTS) is 1.